The molecule has 0 radical (unpaired) electrons. The minimum Gasteiger partial charge on any atom is -0.447 e. The molecule has 1 aliphatic rings. The molecule has 1 aliphatic heterocycles. The van der Waals surface area contributed by atoms with Crippen LogP contribution in [0.3, 0.4) is 0 Å². The van der Waals surface area contributed by atoms with E-state index in [-0.39, 0.29) is 12.1 Å². The van der Waals surface area contributed by atoms with E-state index in [9.17, 15) is 4.79 Å². The zero-order valence-electron chi connectivity index (χ0n) is 7.50. The van der Waals surface area contributed by atoms with Gasteiger partial charge in [0.05, 0.1) is 6.04 Å². The topological polar surface area (TPSA) is 38.3 Å². The Hall–Kier alpha value is -1.03. The van der Waals surface area contributed by atoms with Gasteiger partial charge in [0.25, 0.3) is 0 Å². The minimum atomic E-state index is -0.318. The average Bonchev–Trinajstić information content (AvgIpc) is 2.56. The maximum absolute atomic E-state index is 10.8. The van der Waals surface area contributed by atoms with Crippen molar-refractivity contribution in [1.82, 2.24) is 5.32 Å². The normalized spacial score (nSPS) is 20.4. The van der Waals surface area contributed by atoms with Gasteiger partial charge >= 0.3 is 6.09 Å². The molecule has 0 spiro atoms. The van der Waals surface area contributed by atoms with E-state index in [1.807, 2.05) is 24.3 Å². The number of hydrogen-bond donors (Lipinski definition) is 1. The number of carbonyl (C=O) groups excluding carboxylic acids is 1. The van der Waals surface area contributed by atoms with Crippen LogP contribution in [0.25, 0.3) is 0 Å². The first-order valence-corrected chi connectivity index (χ1v) is 5.21. The Kier molecular flexibility index (Phi) is 2.72. The number of alkyl carbamates (subject to hydrolysis) is 1. The number of rotatable bonds is 2. The van der Waals surface area contributed by atoms with Gasteiger partial charge in [-0.3, -0.25) is 0 Å². The molecule has 1 aromatic carbocycles. The van der Waals surface area contributed by atoms with Crippen molar-refractivity contribution < 1.29 is 9.53 Å². The molecule has 1 amide bonds. The third kappa shape index (κ3) is 2.07. The van der Waals surface area contributed by atoms with E-state index < -0.39 is 0 Å². The van der Waals surface area contributed by atoms with Gasteiger partial charge in [-0.25, -0.2) is 4.79 Å². The van der Waals surface area contributed by atoms with Crippen LogP contribution in [0.2, 0.25) is 0 Å². The highest BCUT2D eigenvalue weighted by Gasteiger charge is 2.22. The van der Waals surface area contributed by atoms with E-state index in [2.05, 4.69) is 21.2 Å². The molecule has 3 nitrogen and oxygen atoms in total. The number of amides is 1. The summed E-state index contributed by atoms with van der Waals surface area (Å²) in [6.07, 6.45) is 0.481. The third-order valence-corrected chi connectivity index (χ3v) is 2.94. The lowest BCUT2D eigenvalue weighted by atomic mass is 10.1. The number of ether oxygens (including phenoxy) is 1. The smallest absolute Gasteiger partial charge is 0.407 e. The quantitative estimate of drug-likeness (QED) is 0.879. The van der Waals surface area contributed by atoms with E-state index >= 15 is 0 Å². The molecule has 1 saturated heterocycles. The van der Waals surface area contributed by atoms with Gasteiger partial charge < -0.3 is 10.1 Å². The molecule has 0 aromatic heterocycles. The molecule has 2 rings (SSSR count). The largest absolute Gasteiger partial charge is 0.447 e. The van der Waals surface area contributed by atoms with Crippen molar-refractivity contribution in [2.24, 2.45) is 0 Å². The van der Waals surface area contributed by atoms with Crippen molar-refractivity contribution in [2.75, 3.05) is 6.61 Å². The van der Waals surface area contributed by atoms with Crippen LogP contribution in [0, 0.1) is 0 Å². The highest BCUT2D eigenvalue weighted by Crippen LogP contribution is 2.18. The van der Waals surface area contributed by atoms with E-state index in [0.29, 0.717) is 6.61 Å². The molecule has 1 atom stereocenters. The molecular formula is C10H10BrNO2. The van der Waals surface area contributed by atoms with Gasteiger partial charge in [0.2, 0.25) is 0 Å². The first-order valence-electron chi connectivity index (χ1n) is 4.42. The van der Waals surface area contributed by atoms with E-state index in [0.717, 1.165) is 10.9 Å². The van der Waals surface area contributed by atoms with Gasteiger partial charge in [0.1, 0.15) is 6.61 Å². The second-order valence-corrected chi connectivity index (χ2v) is 4.09. The number of halogens is 1. The average molecular weight is 256 g/mol. The van der Waals surface area contributed by atoms with Gasteiger partial charge in [-0.1, -0.05) is 34.1 Å². The summed E-state index contributed by atoms with van der Waals surface area (Å²) in [5, 5.41) is 2.75. The van der Waals surface area contributed by atoms with Crippen molar-refractivity contribution in [2.45, 2.75) is 12.5 Å². The van der Waals surface area contributed by atoms with Crippen molar-refractivity contribution in [3.05, 3.63) is 34.3 Å². The van der Waals surface area contributed by atoms with Crippen LogP contribution >= 0.6 is 15.9 Å². The predicted molar refractivity (Wildman–Crippen MR) is 56.1 cm³/mol. The number of nitrogens with one attached hydrogen (secondary N) is 1. The van der Waals surface area contributed by atoms with Crippen LogP contribution in [-0.4, -0.2) is 18.7 Å². The Bertz CT molecular complexity index is 354. The second-order valence-electron chi connectivity index (χ2n) is 3.24. The summed E-state index contributed by atoms with van der Waals surface area (Å²) < 4.78 is 5.88. The van der Waals surface area contributed by atoms with Crippen LogP contribution in [-0.2, 0) is 11.2 Å². The molecule has 14 heavy (non-hydrogen) atoms. The van der Waals surface area contributed by atoms with Crippen LogP contribution in [0.15, 0.2) is 28.7 Å². The first kappa shape index (κ1) is 9.52. The van der Waals surface area contributed by atoms with E-state index in [4.69, 9.17) is 4.74 Å². The summed E-state index contributed by atoms with van der Waals surface area (Å²) in [6.45, 7) is 0.458. The summed E-state index contributed by atoms with van der Waals surface area (Å²) in [7, 11) is 0. The van der Waals surface area contributed by atoms with Gasteiger partial charge in [0, 0.05) is 4.47 Å². The zero-order chi connectivity index (χ0) is 9.97. The molecule has 1 fully saturated rings. The maximum Gasteiger partial charge on any atom is 0.407 e. The Labute approximate surface area is 90.6 Å². The van der Waals surface area contributed by atoms with Crippen LogP contribution in [0.5, 0.6) is 0 Å². The van der Waals surface area contributed by atoms with Gasteiger partial charge in [0.15, 0.2) is 0 Å². The summed E-state index contributed by atoms with van der Waals surface area (Å²) in [5.41, 5.74) is 1.18. The molecule has 74 valence electrons. The van der Waals surface area contributed by atoms with Crippen molar-refractivity contribution >= 4 is 22.0 Å². The first-order chi connectivity index (χ1) is 6.75. The van der Waals surface area contributed by atoms with Crippen molar-refractivity contribution in [1.29, 1.82) is 0 Å². The Morgan fingerprint density at radius 3 is 2.93 bits per heavy atom. The molecule has 1 N–H and O–H groups in total. The molecule has 0 aliphatic carbocycles. The van der Waals surface area contributed by atoms with E-state index in [1.54, 1.807) is 0 Å². The van der Waals surface area contributed by atoms with E-state index in [1.165, 1.54) is 5.56 Å². The maximum atomic E-state index is 10.8. The molecule has 4 heteroatoms. The highest BCUT2D eigenvalue weighted by atomic mass is 79.9. The Morgan fingerprint density at radius 2 is 2.29 bits per heavy atom. The van der Waals surface area contributed by atoms with Crippen LogP contribution in [0.4, 0.5) is 4.79 Å². The standard InChI is InChI=1S/C10H10BrNO2/c11-9-4-2-1-3-7(9)5-8-6-14-10(13)12-8/h1-4,8H,5-6H2,(H,12,13)/t8-/m1/s1. The van der Waals surface area contributed by atoms with Crippen molar-refractivity contribution in [3.8, 4) is 0 Å². The number of cyclic esters (lactones) is 1. The van der Waals surface area contributed by atoms with Gasteiger partial charge in [-0.15, -0.1) is 0 Å². The molecule has 1 heterocycles. The van der Waals surface area contributed by atoms with Gasteiger partial charge in [-0.2, -0.15) is 0 Å². The Balaban J connectivity index is 2.04. The zero-order valence-corrected chi connectivity index (χ0v) is 9.08. The highest BCUT2D eigenvalue weighted by molar-refractivity contribution is 9.10. The Morgan fingerprint density at radius 1 is 1.50 bits per heavy atom. The summed E-state index contributed by atoms with van der Waals surface area (Å²) in [5.74, 6) is 0. The molecule has 0 saturated carbocycles. The van der Waals surface area contributed by atoms with Crippen molar-refractivity contribution in [3.63, 3.8) is 0 Å². The number of benzene rings is 1. The molecule has 0 bridgehead atoms. The molecule has 1 aromatic rings. The van der Waals surface area contributed by atoms with Crippen LogP contribution < -0.4 is 5.32 Å². The van der Waals surface area contributed by atoms with Crippen LogP contribution in [0.1, 0.15) is 5.56 Å². The summed E-state index contributed by atoms with van der Waals surface area (Å²) >= 11 is 3.47. The predicted octanol–water partition coefficient (Wildman–Crippen LogP) is 2.10. The van der Waals surface area contributed by atoms with Gasteiger partial charge in [-0.05, 0) is 18.1 Å². The number of carbonyl (C=O) groups is 1. The lowest BCUT2D eigenvalue weighted by molar-refractivity contribution is 0.177. The fourth-order valence-corrected chi connectivity index (χ4v) is 1.91. The lowest BCUT2D eigenvalue weighted by Crippen LogP contribution is -2.28. The fourth-order valence-electron chi connectivity index (χ4n) is 1.47. The second kappa shape index (κ2) is 4.00. The lowest BCUT2D eigenvalue weighted by Gasteiger charge is -2.08. The minimum absolute atomic E-state index is 0.0983. The summed E-state index contributed by atoms with van der Waals surface area (Å²) in [4.78, 5) is 10.8. The third-order valence-electron chi connectivity index (χ3n) is 2.16. The molecule has 0 unspecified atom stereocenters. The number of hydrogen-bond acceptors (Lipinski definition) is 2. The monoisotopic (exact) mass is 255 g/mol. The summed E-state index contributed by atoms with van der Waals surface area (Å²) in [6, 6.07) is 8.08. The fraction of sp³-hybridized carbons (Fsp3) is 0.300. The molecular weight excluding hydrogens is 246 g/mol. The SMILES string of the molecule is O=C1N[C@H](Cc2ccccc2Br)CO1.